The fraction of sp³-hybridized carbons (Fsp3) is 0.308. The van der Waals surface area contributed by atoms with E-state index >= 15 is 0 Å². The average Bonchev–Trinajstić information content (AvgIpc) is 2.26. The standard InChI is InChI=1S/C13H12O3/c1-8-3-4-10-9(7-8)13(2)11(14)5-6-12(15-10)16-13/h3-7,12H,1-2H3/t12-,13+/m1/s1. The molecular weight excluding hydrogens is 204 g/mol. The second-order valence-electron chi connectivity index (χ2n) is 4.36. The van der Waals surface area contributed by atoms with Crippen molar-refractivity contribution in [1.29, 1.82) is 0 Å². The SMILES string of the molecule is Cc1ccc2c(c1)[C@]1(C)O[C@H](C=CC1=O)O2. The van der Waals surface area contributed by atoms with Gasteiger partial charge in [-0.3, -0.25) is 4.79 Å². The average molecular weight is 216 g/mol. The van der Waals surface area contributed by atoms with E-state index in [4.69, 9.17) is 9.47 Å². The van der Waals surface area contributed by atoms with Crippen molar-refractivity contribution in [2.24, 2.45) is 0 Å². The van der Waals surface area contributed by atoms with E-state index in [0.29, 0.717) is 0 Å². The molecule has 2 atom stereocenters. The maximum atomic E-state index is 11.9. The predicted octanol–water partition coefficient (Wildman–Crippen LogP) is 2.08. The van der Waals surface area contributed by atoms with Crippen molar-refractivity contribution in [3.05, 3.63) is 41.5 Å². The number of hydrogen-bond acceptors (Lipinski definition) is 3. The summed E-state index contributed by atoms with van der Waals surface area (Å²) in [4.78, 5) is 11.9. The van der Waals surface area contributed by atoms with Crippen molar-refractivity contribution in [2.45, 2.75) is 25.7 Å². The van der Waals surface area contributed by atoms with Crippen LogP contribution in [0.25, 0.3) is 0 Å². The highest BCUT2D eigenvalue weighted by Crippen LogP contribution is 2.42. The number of ether oxygens (including phenoxy) is 2. The molecule has 0 spiro atoms. The van der Waals surface area contributed by atoms with E-state index in [1.165, 1.54) is 0 Å². The Morgan fingerprint density at radius 1 is 1.38 bits per heavy atom. The van der Waals surface area contributed by atoms with Crippen LogP contribution in [0.1, 0.15) is 18.1 Å². The predicted molar refractivity (Wildman–Crippen MR) is 58.2 cm³/mol. The van der Waals surface area contributed by atoms with Gasteiger partial charge in [-0.2, -0.15) is 0 Å². The van der Waals surface area contributed by atoms with Gasteiger partial charge in [0.05, 0.1) is 0 Å². The summed E-state index contributed by atoms with van der Waals surface area (Å²) in [5, 5.41) is 0. The molecule has 0 unspecified atom stereocenters. The first-order chi connectivity index (χ1) is 7.59. The molecule has 16 heavy (non-hydrogen) atoms. The Kier molecular flexibility index (Phi) is 1.77. The maximum absolute atomic E-state index is 11.9. The molecule has 0 radical (unpaired) electrons. The van der Waals surface area contributed by atoms with Gasteiger partial charge in [0, 0.05) is 5.56 Å². The molecule has 2 aliphatic rings. The van der Waals surface area contributed by atoms with Crippen molar-refractivity contribution >= 4 is 5.78 Å². The van der Waals surface area contributed by atoms with Crippen LogP contribution in [-0.2, 0) is 15.1 Å². The van der Waals surface area contributed by atoms with Gasteiger partial charge in [0.15, 0.2) is 11.4 Å². The van der Waals surface area contributed by atoms with Crippen LogP contribution in [0, 0.1) is 6.92 Å². The van der Waals surface area contributed by atoms with Crippen LogP contribution < -0.4 is 4.74 Å². The van der Waals surface area contributed by atoms with E-state index in [1.807, 2.05) is 25.1 Å². The van der Waals surface area contributed by atoms with Crippen LogP contribution in [0.5, 0.6) is 5.75 Å². The van der Waals surface area contributed by atoms with Crippen LogP contribution in [0.15, 0.2) is 30.4 Å². The van der Waals surface area contributed by atoms with Gasteiger partial charge in [0.25, 0.3) is 0 Å². The second kappa shape index (κ2) is 2.95. The van der Waals surface area contributed by atoms with E-state index in [0.717, 1.165) is 16.9 Å². The molecule has 82 valence electrons. The van der Waals surface area contributed by atoms with Crippen molar-refractivity contribution in [3.8, 4) is 5.75 Å². The van der Waals surface area contributed by atoms with Crippen LogP contribution >= 0.6 is 0 Å². The van der Waals surface area contributed by atoms with Gasteiger partial charge in [0.2, 0.25) is 6.29 Å². The lowest BCUT2D eigenvalue weighted by Gasteiger charge is -2.40. The molecule has 0 saturated heterocycles. The first-order valence-electron chi connectivity index (χ1n) is 5.28. The zero-order valence-electron chi connectivity index (χ0n) is 9.19. The van der Waals surface area contributed by atoms with Gasteiger partial charge in [-0.25, -0.2) is 0 Å². The van der Waals surface area contributed by atoms with Gasteiger partial charge in [-0.15, -0.1) is 0 Å². The molecule has 3 nitrogen and oxygen atoms in total. The molecule has 0 N–H and O–H groups in total. The lowest BCUT2D eigenvalue weighted by atomic mass is 9.86. The molecule has 3 rings (SSSR count). The summed E-state index contributed by atoms with van der Waals surface area (Å²) in [7, 11) is 0. The molecule has 2 aliphatic heterocycles. The molecule has 0 aliphatic carbocycles. The molecule has 0 amide bonds. The first kappa shape index (κ1) is 9.60. The third-order valence-corrected chi connectivity index (χ3v) is 3.12. The zero-order valence-corrected chi connectivity index (χ0v) is 9.19. The second-order valence-corrected chi connectivity index (χ2v) is 4.36. The highest BCUT2D eigenvalue weighted by atomic mass is 16.7. The molecule has 3 heteroatoms. The highest BCUT2D eigenvalue weighted by molar-refractivity contribution is 5.99. The summed E-state index contributed by atoms with van der Waals surface area (Å²) in [5.41, 5.74) is 1.02. The third kappa shape index (κ3) is 1.15. The number of rotatable bonds is 0. The van der Waals surface area contributed by atoms with E-state index < -0.39 is 11.9 Å². The molecule has 2 heterocycles. The Balaban J connectivity index is 2.24. The largest absolute Gasteiger partial charge is 0.461 e. The Morgan fingerprint density at radius 3 is 3.00 bits per heavy atom. The monoisotopic (exact) mass is 216 g/mol. The summed E-state index contributed by atoms with van der Waals surface area (Å²) in [6.07, 6.45) is 2.74. The fourth-order valence-corrected chi connectivity index (χ4v) is 2.16. The fourth-order valence-electron chi connectivity index (χ4n) is 2.16. The van der Waals surface area contributed by atoms with E-state index in [1.54, 1.807) is 19.1 Å². The van der Waals surface area contributed by atoms with Gasteiger partial charge >= 0.3 is 0 Å². The van der Waals surface area contributed by atoms with E-state index in [-0.39, 0.29) is 5.78 Å². The van der Waals surface area contributed by atoms with Crippen LogP contribution in [0.3, 0.4) is 0 Å². The number of fused-ring (bicyclic) bond motifs is 4. The number of carbonyl (C=O) groups excluding carboxylic acids is 1. The smallest absolute Gasteiger partial charge is 0.221 e. The summed E-state index contributed by atoms with van der Waals surface area (Å²) in [6.45, 7) is 3.78. The van der Waals surface area contributed by atoms with Crippen LogP contribution in [0.4, 0.5) is 0 Å². The Morgan fingerprint density at radius 2 is 2.19 bits per heavy atom. The van der Waals surface area contributed by atoms with Crippen LogP contribution in [0.2, 0.25) is 0 Å². The van der Waals surface area contributed by atoms with E-state index in [2.05, 4.69) is 0 Å². The lowest BCUT2D eigenvalue weighted by Crippen LogP contribution is -2.46. The summed E-state index contributed by atoms with van der Waals surface area (Å²) < 4.78 is 11.3. The van der Waals surface area contributed by atoms with Gasteiger partial charge in [0.1, 0.15) is 5.75 Å². The third-order valence-electron chi connectivity index (χ3n) is 3.12. The molecule has 1 aromatic carbocycles. The summed E-state index contributed by atoms with van der Waals surface area (Å²) in [5.74, 6) is 0.709. The number of benzene rings is 1. The normalized spacial score (nSPS) is 30.9. The van der Waals surface area contributed by atoms with Crippen molar-refractivity contribution in [3.63, 3.8) is 0 Å². The number of ketones is 1. The van der Waals surface area contributed by atoms with Gasteiger partial charge in [-0.05, 0) is 38.1 Å². The molecule has 1 aromatic rings. The molecular formula is C13H12O3. The van der Waals surface area contributed by atoms with Gasteiger partial charge in [-0.1, -0.05) is 11.6 Å². The molecule has 0 fully saturated rings. The van der Waals surface area contributed by atoms with Crippen molar-refractivity contribution < 1.29 is 14.3 Å². The number of carbonyl (C=O) groups is 1. The van der Waals surface area contributed by atoms with Crippen molar-refractivity contribution in [1.82, 2.24) is 0 Å². The zero-order chi connectivity index (χ0) is 11.3. The minimum Gasteiger partial charge on any atom is -0.461 e. The minimum absolute atomic E-state index is 0.0288. The number of aryl methyl sites for hydroxylation is 1. The summed E-state index contributed by atoms with van der Waals surface area (Å²) >= 11 is 0. The van der Waals surface area contributed by atoms with Crippen molar-refractivity contribution in [2.75, 3.05) is 0 Å². The Bertz CT molecular complexity index is 504. The number of hydrogen-bond donors (Lipinski definition) is 0. The van der Waals surface area contributed by atoms with E-state index in [9.17, 15) is 4.79 Å². The minimum atomic E-state index is -0.890. The quantitative estimate of drug-likeness (QED) is 0.666. The summed E-state index contributed by atoms with van der Waals surface area (Å²) in [6, 6.07) is 5.81. The molecule has 0 aromatic heterocycles. The molecule has 0 saturated carbocycles. The Hall–Kier alpha value is -1.61. The van der Waals surface area contributed by atoms with Crippen LogP contribution in [-0.4, -0.2) is 12.1 Å². The first-order valence-corrected chi connectivity index (χ1v) is 5.28. The maximum Gasteiger partial charge on any atom is 0.221 e. The lowest BCUT2D eigenvalue weighted by molar-refractivity contribution is -0.181. The topological polar surface area (TPSA) is 35.5 Å². The molecule has 2 bridgehead atoms. The van der Waals surface area contributed by atoms with Gasteiger partial charge < -0.3 is 9.47 Å². The Labute approximate surface area is 93.7 Å². The highest BCUT2D eigenvalue weighted by Gasteiger charge is 2.45.